The number of nitrogens with zero attached hydrogens (tertiary/aromatic N) is 4. The lowest BCUT2D eigenvalue weighted by molar-refractivity contribution is -0.119. The smallest absolute Gasteiger partial charge is 0.230 e. The van der Waals surface area contributed by atoms with Crippen molar-refractivity contribution < 1.29 is 4.79 Å². The van der Waals surface area contributed by atoms with E-state index in [1.807, 2.05) is 11.6 Å². The molecule has 6 nitrogen and oxygen atoms in total. The van der Waals surface area contributed by atoms with Crippen molar-refractivity contribution in [2.75, 3.05) is 23.7 Å². The van der Waals surface area contributed by atoms with Crippen molar-refractivity contribution in [2.45, 2.75) is 50.7 Å². The van der Waals surface area contributed by atoms with Gasteiger partial charge in [-0.1, -0.05) is 24.6 Å². The molecule has 2 aromatic rings. The van der Waals surface area contributed by atoms with Gasteiger partial charge in [0.1, 0.15) is 0 Å². The number of aromatic nitrogens is 3. The van der Waals surface area contributed by atoms with Crippen LogP contribution in [0.2, 0.25) is 0 Å². The second-order valence-electron chi connectivity index (χ2n) is 6.92. The van der Waals surface area contributed by atoms with Crippen molar-refractivity contribution in [1.29, 1.82) is 0 Å². The molecular formula is C20H29N5OS. The standard InChI is InChI=1S/C20H29N5OS/c1-4-25(5-2)17-12-10-15(11-13-17)19-22-23-20(24(19)3)27-14-18(26)21-16-8-6-7-9-16/h10-13,16H,4-9,14H2,1-3H3,(H,21,26). The lowest BCUT2D eigenvalue weighted by Gasteiger charge is -2.21. The summed E-state index contributed by atoms with van der Waals surface area (Å²) in [6.45, 7) is 6.30. The quantitative estimate of drug-likeness (QED) is 0.703. The molecule has 1 aliphatic carbocycles. The van der Waals surface area contributed by atoms with E-state index in [2.05, 4.69) is 58.5 Å². The van der Waals surface area contributed by atoms with E-state index in [1.165, 1.54) is 30.3 Å². The predicted molar refractivity (Wildman–Crippen MR) is 111 cm³/mol. The molecule has 7 heteroatoms. The van der Waals surface area contributed by atoms with Crippen LogP contribution >= 0.6 is 11.8 Å². The Morgan fingerprint density at radius 2 is 1.85 bits per heavy atom. The van der Waals surface area contributed by atoms with Crippen LogP contribution in [0.4, 0.5) is 5.69 Å². The van der Waals surface area contributed by atoms with E-state index in [-0.39, 0.29) is 5.91 Å². The Kier molecular flexibility index (Phi) is 6.77. The van der Waals surface area contributed by atoms with Crippen molar-refractivity contribution in [2.24, 2.45) is 7.05 Å². The molecule has 0 aliphatic heterocycles. The second kappa shape index (κ2) is 9.26. The van der Waals surface area contributed by atoms with E-state index < -0.39 is 0 Å². The van der Waals surface area contributed by atoms with E-state index >= 15 is 0 Å². The number of carbonyl (C=O) groups is 1. The zero-order valence-corrected chi connectivity index (χ0v) is 17.3. The molecule has 1 heterocycles. The van der Waals surface area contributed by atoms with Crippen molar-refractivity contribution in [3.63, 3.8) is 0 Å². The van der Waals surface area contributed by atoms with Crippen LogP contribution in [0.25, 0.3) is 11.4 Å². The number of hydrogen-bond donors (Lipinski definition) is 1. The summed E-state index contributed by atoms with van der Waals surface area (Å²) >= 11 is 1.44. The lowest BCUT2D eigenvalue weighted by atomic mass is 10.2. The minimum atomic E-state index is 0.0834. The molecule has 1 aromatic carbocycles. The number of carbonyl (C=O) groups excluding carboxylic acids is 1. The SMILES string of the molecule is CCN(CC)c1ccc(-c2nnc(SCC(=O)NC3CCCC3)n2C)cc1. The highest BCUT2D eigenvalue weighted by Crippen LogP contribution is 2.25. The molecule has 146 valence electrons. The largest absolute Gasteiger partial charge is 0.372 e. The summed E-state index contributed by atoms with van der Waals surface area (Å²) in [5, 5.41) is 12.5. The number of thioether (sulfide) groups is 1. The molecule has 1 aromatic heterocycles. The summed E-state index contributed by atoms with van der Waals surface area (Å²) in [5.41, 5.74) is 2.24. The highest BCUT2D eigenvalue weighted by molar-refractivity contribution is 7.99. The molecule has 3 rings (SSSR count). The Morgan fingerprint density at radius 3 is 2.48 bits per heavy atom. The second-order valence-corrected chi connectivity index (χ2v) is 7.86. The van der Waals surface area contributed by atoms with E-state index in [0.717, 1.165) is 42.5 Å². The van der Waals surface area contributed by atoms with E-state index in [9.17, 15) is 4.79 Å². The van der Waals surface area contributed by atoms with Crippen LogP contribution in [-0.2, 0) is 11.8 Å². The van der Waals surface area contributed by atoms with Crippen molar-refractivity contribution in [3.05, 3.63) is 24.3 Å². The first kappa shape index (κ1) is 19.7. The third-order valence-corrected chi connectivity index (χ3v) is 6.16. The molecule has 0 unspecified atom stereocenters. The van der Waals surface area contributed by atoms with Gasteiger partial charge in [0.15, 0.2) is 11.0 Å². The van der Waals surface area contributed by atoms with E-state index in [0.29, 0.717) is 11.8 Å². The average molecular weight is 388 g/mol. The van der Waals surface area contributed by atoms with Gasteiger partial charge < -0.3 is 14.8 Å². The molecule has 1 saturated carbocycles. The van der Waals surface area contributed by atoms with Crippen LogP contribution in [0.1, 0.15) is 39.5 Å². The van der Waals surface area contributed by atoms with Crippen LogP contribution in [0.3, 0.4) is 0 Å². The molecule has 0 atom stereocenters. The number of amides is 1. The Labute approximate surface area is 165 Å². The zero-order chi connectivity index (χ0) is 19.2. The number of anilines is 1. The zero-order valence-electron chi connectivity index (χ0n) is 16.4. The Hall–Kier alpha value is -2.02. The fourth-order valence-electron chi connectivity index (χ4n) is 3.57. The fourth-order valence-corrected chi connectivity index (χ4v) is 4.29. The van der Waals surface area contributed by atoms with Crippen LogP contribution < -0.4 is 10.2 Å². The van der Waals surface area contributed by atoms with Gasteiger partial charge in [-0.15, -0.1) is 10.2 Å². The number of benzene rings is 1. The topological polar surface area (TPSA) is 63.1 Å². The summed E-state index contributed by atoms with van der Waals surface area (Å²) in [5.74, 6) is 1.28. The Balaban J connectivity index is 1.61. The van der Waals surface area contributed by atoms with Gasteiger partial charge in [0.25, 0.3) is 0 Å². The summed E-state index contributed by atoms with van der Waals surface area (Å²) in [4.78, 5) is 14.4. The minimum Gasteiger partial charge on any atom is -0.372 e. The summed E-state index contributed by atoms with van der Waals surface area (Å²) in [6, 6.07) is 8.77. The molecule has 1 fully saturated rings. The van der Waals surface area contributed by atoms with Gasteiger partial charge >= 0.3 is 0 Å². The first-order chi connectivity index (χ1) is 13.1. The van der Waals surface area contributed by atoms with Gasteiger partial charge in [-0.05, 0) is 51.0 Å². The maximum absolute atomic E-state index is 12.1. The molecule has 0 bridgehead atoms. The first-order valence-corrected chi connectivity index (χ1v) is 10.8. The van der Waals surface area contributed by atoms with Crippen LogP contribution in [-0.4, -0.2) is 45.6 Å². The van der Waals surface area contributed by atoms with Gasteiger partial charge in [-0.3, -0.25) is 4.79 Å². The van der Waals surface area contributed by atoms with Gasteiger partial charge in [0.05, 0.1) is 5.75 Å². The first-order valence-electron chi connectivity index (χ1n) is 9.79. The van der Waals surface area contributed by atoms with Crippen LogP contribution in [0.5, 0.6) is 0 Å². The monoisotopic (exact) mass is 387 g/mol. The molecular weight excluding hydrogens is 358 g/mol. The van der Waals surface area contributed by atoms with E-state index in [1.54, 1.807) is 0 Å². The molecule has 0 saturated heterocycles. The number of hydrogen-bond acceptors (Lipinski definition) is 5. The van der Waals surface area contributed by atoms with Gasteiger partial charge in [-0.2, -0.15) is 0 Å². The maximum Gasteiger partial charge on any atom is 0.230 e. The third-order valence-electron chi connectivity index (χ3n) is 5.14. The van der Waals surface area contributed by atoms with Crippen molar-refractivity contribution in [1.82, 2.24) is 20.1 Å². The van der Waals surface area contributed by atoms with Crippen LogP contribution in [0, 0.1) is 0 Å². The number of rotatable bonds is 8. The van der Waals surface area contributed by atoms with Crippen molar-refractivity contribution >= 4 is 23.4 Å². The maximum atomic E-state index is 12.1. The highest BCUT2D eigenvalue weighted by Gasteiger charge is 2.18. The van der Waals surface area contributed by atoms with E-state index in [4.69, 9.17) is 0 Å². The molecule has 1 amide bonds. The molecule has 0 radical (unpaired) electrons. The Morgan fingerprint density at radius 1 is 1.19 bits per heavy atom. The highest BCUT2D eigenvalue weighted by atomic mass is 32.2. The number of nitrogens with one attached hydrogen (secondary N) is 1. The molecule has 27 heavy (non-hydrogen) atoms. The minimum absolute atomic E-state index is 0.0834. The summed E-state index contributed by atoms with van der Waals surface area (Å²) < 4.78 is 1.96. The van der Waals surface area contributed by atoms with Crippen LogP contribution in [0.15, 0.2) is 29.4 Å². The Bertz CT molecular complexity index is 748. The fraction of sp³-hybridized carbons (Fsp3) is 0.550. The molecule has 0 spiro atoms. The lowest BCUT2D eigenvalue weighted by Crippen LogP contribution is -2.33. The average Bonchev–Trinajstić information content (AvgIpc) is 3.31. The summed E-state index contributed by atoms with van der Waals surface area (Å²) in [6.07, 6.45) is 4.65. The third kappa shape index (κ3) is 4.83. The predicted octanol–water partition coefficient (Wildman–Crippen LogP) is 3.48. The van der Waals surface area contributed by atoms with Gasteiger partial charge in [0.2, 0.25) is 5.91 Å². The van der Waals surface area contributed by atoms with Crippen molar-refractivity contribution in [3.8, 4) is 11.4 Å². The van der Waals surface area contributed by atoms with Gasteiger partial charge in [0, 0.05) is 37.4 Å². The van der Waals surface area contributed by atoms with Gasteiger partial charge in [-0.25, -0.2) is 0 Å². The normalized spacial score (nSPS) is 14.5. The molecule has 1 N–H and O–H groups in total. The summed E-state index contributed by atoms with van der Waals surface area (Å²) in [7, 11) is 1.95. The molecule has 1 aliphatic rings.